The summed E-state index contributed by atoms with van der Waals surface area (Å²) in [5, 5.41) is 19.8. The van der Waals surface area contributed by atoms with Crippen LogP contribution in [0.4, 0.5) is 22.7 Å². The largest absolute Gasteiger partial charge is 0.354 e. The number of hydrogen-bond acceptors (Lipinski definition) is 6. The molecule has 264 valence electrons. The second-order valence-electron chi connectivity index (χ2n) is 13.9. The molecule has 0 aliphatic carbocycles. The zero-order valence-electron chi connectivity index (χ0n) is 30.0. The summed E-state index contributed by atoms with van der Waals surface area (Å²) in [5.41, 5.74) is 7.82. The van der Waals surface area contributed by atoms with Crippen molar-refractivity contribution in [1.82, 2.24) is 19.9 Å². The van der Waals surface area contributed by atoms with Crippen LogP contribution < -0.4 is 42.5 Å². The molecule has 4 aromatic heterocycles. The van der Waals surface area contributed by atoms with E-state index in [9.17, 15) is 0 Å². The maximum absolute atomic E-state index is 4.86. The first-order valence-electron chi connectivity index (χ1n) is 18.5. The molecule has 6 nitrogen and oxygen atoms in total. The summed E-state index contributed by atoms with van der Waals surface area (Å²) in [6.45, 7) is 0. The zero-order valence-corrected chi connectivity index (χ0v) is 31.8. The van der Waals surface area contributed by atoms with Gasteiger partial charge in [-0.15, -0.1) is 0 Å². The summed E-state index contributed by atoms with van der Waals surface area (Å²) < 4.78 is 0. The van der Waals surface area contributed by atoms with Crippen molar-refractivity contribution in [2.45, 2.75) is 0 Å². The fourth-order valence-corrected chi connectivity index (χ4v) is 12.9. The smallest absolute Gasteiger partial charge is 0.0723 e. The molecule has 11 rings (SSSR count). The van der Waals surface area contributed by atoms with Crippen molar-refractivity contribution in [1.29, 1.82) is 0 Å². The molecule has 8 heteroatoms. The minimum atomic E-state index is -1.15. The van der Waals surface area contributed by atoms with Gasteiger partial charge in [0.05, 0.1) is 22.1 Å². The summed E-state index contributed by atoms with van der Waals surface area (Å²) in [7, 11) is -2.29. The van der Waals surface area contributed by atoms with E-state index in [-0.39, 0.29) is 0 Å². The second-order valence-corrected chi connectivity index (χ2v) is 18.2. The van der Waals surface area contributed by atoms with Gasteiger partial charge >= 0.3 is 0 Å². The predicted molar refractivity (Wildman–Crippen MR) is 238 cm³/mol. The van der Waals surface area contributed by atoms with Gasteiger partial charge in [-0.1, -0.05) is 84.9 Å². The van der Waals surface area contributed by atoms with Gasteiger partial charge < -0.3 is 10.6 Å². The molecule has 6 aromatic carbocycles. The maximum Gasteiger partial charge on any atom is 0.0723 e. The molecule has 2 N–H and O–H groups in total. The van der Waals surface area contributed by atoms with Crippen LogP contribution in [0.5, 0.6) is 0 Å². The van der Waals surface area contributed by atoms with Crippen LogP contribution in [-0.2, 0) is 0 Å². The molecular formula is C48H32N6P2. The number of pyridine rings is 4. The van der Waals surface area contributed by atoms with Crippen LogP contribution in [0.2, 0.25) is 0 Å². The fraction of sp³-hybridized carbons (Fsp3) is 0. The summed E-state index contributed by atoms with van der Waals surface area (Å²) in [6.07, 6.45) is 7.49. The first-order valence-corrected chi connectivity index (χ1v) is 21.2. The number of benzene rings is 6. The highest BCUT2D eigenvalue weighted by Gasteiger charge is 2.29. The molecule has 0 spiro atoms. The highest BCUT2D eigenvalue weighted by atomic mass is 31.1. The van der Waals surface area contributed by atoms with Crippen molar-refractivity contribution in [3.05, 3.63) is 183 Å². The lowest BCUT2D eigenvalue weighted by Gasteiger charge is -2.30. The number of rotatable bonds is 2. The maximum atomic E-state index is 4.86. The molecule has 0 amide bonds. The average molecular weight is 755 g/mol. The van der Waals surface area contributed by atoms with E-state index in [2.05, 4.69) is 144 Å². The normalized spacial score (nSPS) is 15.1. The molecule has 1 aliphatic heterocycles. The average Bonchev–Trinajstić information content (AvgIpc) is 3.25. The lowest BCUT2D eigenvalue weighted by Crippen LogP contribution is -2.29. The molecule has 56 heavy (non-hydrogen) atoms. The molecule has 0 saturated heterocycles. The minimum Gasteiger partial charge on any atom is -0.354 e. The van der Waals surface area contributed by atoms with E-state index in [1.165, 1.54) is 31.8 Å². The standard InChI is InChI=1S/C48H32N6P2/c1-3-15-35(16-4-1)55-45-23-31-11-7-19-49-37(31)27-41(45)53-43-29-39-33(13-9-21-51-39)25-47(43)56(36-17-5-2-6-18-36)48-26-34-14-10-22-52-40(34)30-44(48)54-42-28-38-32(24-46(42)55)12-8-20-50-38/h1-30,53-54H. The Hall–Kier alpha value is -6.58. The van der Waals surface area contributed by atoms with Crippen LogP contribution in [-0.4, -0.2) is 19.9 Å². The van der Waals surface area contributed by atoms with Gasteiger partial charge in [-0.2, -0.15) is 0 Å². The number of aromatic nitrogens is 4. The van der Waals surface area contributed by atoms with Crippen LogP contribution in [0, 0.1) is 0 Å². The molecule has 1 aliphatic rings. The second kappa shape index (κ2) is 13.6. The van der Waals surface area contributed by atoms with E-state index in [0.717, 1.165) is 66.4 Å². The Balaban J connectivity index is 1.31. The van der Waals surface area contributed by atoms with Gasteiger partial charge in [0, 0.05) is 90.3 Å². The van der Waals surface area contributed by atoms with Crippen molar-refractivity contribution in [2.24, 2.45) is 0 Å². The lowest BCUT2D eigenvalue weighted by molar-refractivity contribution is 1.41. The van der Waals surface area contributed by atoms with Crippen molar-refractivity contribution >= 4 is 114 Å². The van der Waals surface area contributed by atoms with Crippen molar-refractivity contribution in [3.63, 3.8) is 0 Å². The summed E-state index contributed by atoms with van der Waals surface area (Å²) in [4.78, 5) is 19.4. The van der Waals surface area contributed by atoms with Crippen LogP contribution >= 0.6 is 15.8 Å². The number of nitrogens with one attached hydrogen (secondary N) is 2. The van der Waals surface area contributed by atoms with Gasteiger partial charge in [0.15, 0.2) is 0 Å². The van der Waals surface area contributed by atoms with E-state index in [4.69, 9.17) is 19.9 Å². The SMILES string of the molecule is c1ccc(P2c3cc4cccnc4cc3Nc3cc4ncccc4cc3P(c3ccccc3)c3cc4cccnc4cc3Nc3cc4ncccc4cc32)cc1. The Labute approximate surface area is 325 Å². The zero-order chi connectivity index (χ0) is 37.0. The fourth-order valence-electron chi connectivity index (χ4n) is 7.83. The van der Waals surface area contributed by atoms with E-state index < -0.39 is 15.8 Å². The van der Waals surface area contributed by atoms with E-state index >= 15 is 0 Å². The van der Waals surface area contributed by atoms with Gasteiger partial charge in [0.1, 0.15) is 0 Å². The Bertz CT molecular complexity index is 2740. The Morgan fingerprint density at radius 2 is 0.589 bits per heavy atom. The van der Waals surface area contributed by atoms with Crippen LogP contribution in [0.25, 0.3) is 43.6 Å². The third-order valence-electron chi connectivity index (χ3n) is 10.4. The van der Waals surface area contributed by atoms with Gasteiger partial charge in [0.25, 0.3) is 0 Å². The molecular weight excluding hydrogens is 723 g/mol. The Morgan fingerprint density at radius 3 is 0.875 bits per heavy atom. The number of hydrogen-bond donors (Lipinski definition) is 2. The van der Waals surface area contributed by atoms with Crippen molar-refractivity contribution in [3.8, 4) is 0 Å². The molecule has 5 heterocycles. The molecule has 0 bridgehead atoms. The summed E-state index contributed by atoms with van der Waals surface area (Å²) in [6, 6.07) is 56.8. The minimum absolute atomic E-state index is 0.935. The lowest BCUT2D eigenvalue weighted by atomic mass is 10.1. The van der Waals surface area contributed by atoms with E-state index in [1.54, 1.807) is 0 Å². The van der Waals surface area contributed by atoms with Crippen molar-refractivity contribution in [2.75, 3.05) is 10.6 Å². The third-order valence-corrected chi connectivity index (χ3v) is 15.4. The quantitative estimate of drug-likeness (QED) is 0.172. The first-order chi connectivity index (χ1) is 27.7. The molecule has 0 unspecified atom stereocenters. The highest BCUT2D eigenvalue weighted by Crippen LogP contribution is 2.46. The monoisotopic (exact) mass is 754 g/mol. The molecule has 0 saturated carbocycles. The summed E-state index contributed by atoms with van der Waals surface area (Å²) in [5.74, 6) is 0. The summed E-state index contributed by atoms with van der Waals surface area (Å²) >= 11 is 0. The number of anilines is 4. The molecule has 0 fully saturated rings. The van der Waals surface area contributed by atoms with Crippen LogP contribution in [0.3, 0.4) is 0 Å². The molecule has 0 radical (unpaired) electrons. The Morgan fingerprint density at radius 1 is 0.304 bits per heavy atom. The predicted octanol–water partition coefficient (Wildman–Crippen LogP) is 9.20. The third kappa shape index (κ3) is 5.74. The van der Waals surface area contributed by atoms with Crippen molar-refractivity contribution < 1.29 is 0 Å². The first kappa shape index (κ1) is 32.8. The molecule has 10 aromatic rings. The topological polar surface area (TPSA) is 75.6 Å². The van der Waals surface area contributed by atoms with Gasteiger partial charge in [-0.25, -0.2) is 0 Å². The van der Waals surface area contributed by atoms with Gasteiger partial charge in [-0.3, -0.25) is 19.9 Å². The Kier molecular flexibility index (Phi) is 7.98. The molecule has 0 atom stereocenters. The number of nitrogens with zero attached hydrogens (tertiary/aromatic N) is 4. The van der Waals surface area contributed by atoms with Gasteiger partial charge in [0.2, 0.25) is 0 Å². The van der Waals surface area contributed by atoms with Crippen LogP contribution in [0.15, 0.2) is 183 Å². The van der Waals surface area contributed by atoms with E-state index in [1.807, 2.05) is 49.1 Å². The van der Waals surface area contributed by atoms with Crippen LogP contribution in [0.1, 0.15) is 0 Å². The van der Waals surface area contributed by atoms with E-state index in [0.29, 0.717) is 0 Å². The van der Waals surface area contributed by atoms with Gasteiger partial charge in [-0.05, 0) is 99.2 Å². The highest BCUT2D eigenvalue weighted by molar-refractivity contribution is 7.81. The number of fused-ring (bicyclic) bond motifs is 8.